The quantitative estimate of drug-likeness (QED) is 0.627. The molecule has 0 spiro atoms. The third-order valence-corrected chi connectivity index (χ3v) is 2.45. The SMILES string of the molecule is CCC[C@@H]1C[C@H]1NC(=S)NC. The van der Waals surface area contributed by atoms with Gasteiger partial charge in [0, 0.05) is 13.1 Å². The lowest BCUT2D eigenvalue weighted by Crippen LogP contribution is -2.34. The van der Waals surface area contributed by atoms with Gasteiger partial charge in [-0.1, -0.05) is 13.3 Å². The van der Waals surface area contributed by atoms with E-state index in [2.05, 4.69) is 17.6 Å². The van der Waals surface area contributed by atoms with Crippen LogP contribution in [-0.4, -0.2) is 18.2 Å². The lowest BCUT2D eigenvalue weighted by molar-refractivity contribution is 0.661. The van der Waals surface area contributed by atoms with Crippen molar-refractivity contribution in [2.75, 3.05) is 7.05 Å². The summed E-state index contributed by atoms with van der Waals surface area (Å²) in [5.74, 6) is 0.881. The van der Waals surface area contributed by atoms with E-state index in [1.807, 2.05) is 7.05 Å². The van der Waals surface area contributed by atoms with Crippen LogP contribution < -0.4 is 10.6 Å². The van der Waals surface area contributed by atoms with E-state index in [1.165, 1.54) is 19.3 Å². The zero-order valence-corrected chi connectivity index (χ0v) is 8.00. The summed E-state index contributed by atoms with van der Waals surface area (Å²) in [6.07, 6.45) is 3.93. The van der Waals surface area contributed by atoms with Crippen molar-refractivity contribution < 1.29 is 0 Å². The normalized spacial score (nSPS) is 27.8. The third-order valence-electron chi connectivity index (χ3n) is 2.13. The summed E-state index contributed by atoms with van der Waals surface area (Å²) in [6.45, 7) is 2.23. The Bertz CT molecular complexity index is 147. The predicted molar refractivity (Wildman–Crippen MR) is 51.6 cm³/mol. The second-order valence-electron chi connectivity index (χ2n) is 3.11. The molecular weight excluding hydrogens is 156 g/mol. The third kappa shape index (κ3) is 2.66. The van der Waals surface area contributed by atoms with Gasteiger partial charge in [-0.2, -0.15) is 0 Å². The lowest BCUT2D eigenvalue weighted by Gasteiger charge is -2.05. The Kier molecular flexibility index (Phi) is 3.12. The summed E-state index contributed by atoms with van der Waals surface area (Å²) in [5, 5.41) is 6.96. The second-order valence-corrected chi connectivity index (χ2v) is 3.52. The minimum absolute atomic E-state index is 0.662. The number of nitrogens with one attached hydrogen (secondary N) is 2. The van der Waals surface area contributed by atoms with Crippen LogP contribution in [0.4, 0.5) is 0 Å². The maximum Gasteiger partial charge on any atom is 0.166 e. The van der Waals surface area contributed by atoms with E-state index in [0.29, 0.717) is 6.04 Å². The second kappa shape index (κ2) is 3.90. The van der Waals surface area contributed by atoms with Gasteiger partial charge in [0.15, 0.2) is 5.11 Å². The van der Waals surface area contributed by atoms with E-state index in [-0.39, 0.29) is 0 Å². The van der Waals surface area contributed by atoms with E-state index in [4.69, 9.17) is 12.2 Å². The zero-order valence-electron chi connectivity index (χ0n) is 7.18. The van der Waals surface area contributed by atoms with Gasteiger partial charge in [0.2, 0.25) is 0 Å². The van der Waals surface area contributed by atoms with Crippen LogP contribution in [0, 0.1) is 5.92 Å². The molecule has 3 heteroatoms. The van der Waals surface area contributed by atoms with E-state index in [1.54, 1.807) is 0 Å². The summed E-state index contributed by atoms with van der Waals surface area (Å²) in [7, 11) is 1.85. The summed E-state index contributed by atoms with van der Waals surface area (Å²) < 4.78 is 0. The van der Waals surface area contributed by atoms with Gasteiger partial charge in [0.1, 0.15) is 0 Å². The fourth-order valence-electron chi connectivity index (χ4n) is 1.35. The van der Waals surface area contributed by atoms with Gasteiger partial charge in [-0.3, -0.25) is 0 Å². The van der Waals surface area contributed by atoms with Crippen LogP contribution in [0.15, 0.2) is 0 Å². The van der Waals surface area contributed by atoms with E-state index < -0.39 is 0 Å². The minimum Gasteiger partial charge on any atom is -0.366 e. The first-order valence-corrected chi connectivity index (χ1v) is 4.67. The van der Waals surface area contributed by atoms with Gasteiger partial charge in [-0.15, -0.1) is 0 Å². The summed E-state index contributed by atoms with van der Waals surface area (Å²) in [4.78, 5) is 0. The van der Waals surface area contributed by atoms with Gasteiger partial charge >= 0.3 is 0 Å². The van der Waals surface area contributed by atoms with E-state index in [0.717, 1.165) is 11.0 Å². The molecule has 64 valence electrons. The van der Waals surface area contributed by atoms with Crippen molar-refractivity contribution in [2.45, 2.75) is 32.2 Å². The first kappa shape index (κ1) is 8.78. The molecule has 11 heavy (non-hydrogen) atoms. The molecule has 1 aliphatic carbocycles. The lowest BCUT2D eigenvalue weighted by atomic mass is 10.2. The molecule has 1 aliphatic rings. The molecule has 0 amide bonds. The number of hydrogen-bond acceptors (Lipinski definition) is 1. The molecule has 0 radical (unpaired) electrons. The van der Waals surface area contributed by atoms with Crippen LogP contribution >= 0.6 is 12.2 Å². The first-order chi connectivity index (χ1) is 5.27. The molecule has 0 heterocycles. The maximum absolute atomic E-state index is 4.99. The summed E-state index contributed by atoms with van der Waals surface area (Å²) in [6, 6.07) is 0.662. The van der Waals surface area contributed by atoms with Crippen LogP contribution in [0.3, 0.4) is 0 Å². The number of rotatable bonds is 3. The Morgan fingerprint density at radius 2 is 2.36 bits per heavy atom. The fourth-order valence-corrected chi connectivity index (χ4v) is 1.51. The standard InChI is InChI=1S/C8H16N2S/c1-3-4-6-5-7(6)10-8(11)9-2/h6-7H,3-5H2,1-2H3,(H2,9,10,11)/t6-,7-/m1/s1. The topological polar surface area (TPSA) is 24.1 Å². The monoisotopic (exact) mass is 172 g/mol. The van der Waals surface area contributed by atoms with Crippen molar-refractivity contribution in [1.29, 1.82) is 0 Å². The molecule has 0 aromatic rings. The van der Waals surface area contributed by atoms with Gasteiger partial charge in [-0.25, -0.2) is 0 Å². The van der Waals surface area contributed by atoms with Crippen molar-refractivity contribution >= 4 is 17.3 Å². The fraction of sp³-hybridized carbons (Fsp3) is 0.875. The molecule has 1 saturated carbocycles. The van der Waals surface area contributed by atoms with Crippen LogP contribution in [0.5, 0.6) is 0 Å². The Hall–Kier alpha value is -0.310. The summed E-state index contributed by atoms with van der Waals surface area (Å²) >= 11 is 4.99. The van der Waals surface area contributed by atoms with Crippen LogP contribution in [-0.2, 0) is 0 Å². The minimum atomic E-state index is 0.662. The van der Waals surface area contributed by atoms with E-state index >= 15 is 0 Å². The molecule has 0 bridgehead atoms. The Balaban J connectivity index is 2.08. The highest BCUT2D eigenvalue weighted by atomic mass is 32.1. The molecule has 0 aliphatic heterocycles. The molecule has 0 aromatic carbocycles. The van der Waals surface area contributed by atoms with Gasteiger partial charge in [-0.05, 0) is 31.0 Å². The van der Waals surface area contributed by atoms with Crippen molar-refractivity contribution in [2.24, 2.45) is 5.92 Å². The van der Waals surface area contributed by atoms with Crippen LogP contribution in [0.25, 0.3) is 0 Å². The molecule has 0 unspecified atom stereocenters. The highest BCUT2D eigenvalue weighted by Gasteiger charge is 2.36. The molecule has 0 aromatic heterocycles. The van der Waals surface area contributed by atoms with Gasteiger partial charge in [0.25, 0.3) is 0 Å². The Morgan fingerprint density at radius 1 is 1.64 bits per heavy atom. The predicted octanol–water partition coefficient (Wildman–Crippen LogP) is 1.27. The average molecular weight is 172 g/mol. The highest BCUT2D eigenvalue weighted by molar-refractivity contribution is 7.80. The van der Waals surface area contributed by atoms with Crippen molar-refractivity contribution in [3.05, 3.63) is 0 Å². The number of thiocarbonyl (C=S) groups is 1. The van der Waals surface area contributed by atoms with Crippen molar-refractivity contribution in [1.82, 2.24) is 10.6 Å². The van der Waals surface area contributed by atoms with E-state index in [9.17, 15) is 0 Å². The van der Waals surface area contributed by atoms with Gasteiger partial charge < -0.3 is 10.6 Å². The zero-order chi connectivity index (χ0) is 8.27. The Morgan fingerprint density at radius 3 is 2.91 bits per heavy atom. The number of hydrogen-bond donors (Lipinski definition) is 2. The highest BCUT2D eigenvalue weighted by Crippen LogP contribution is 2.34. The smallest absolute Gasteiger partial charge is 0.166 e. The van der Waals surface area contributed by atoms with Crippen molar-refractivity contribution in [3.8, 4) is 0 Å². The first-order valence-electron chi connectivity index (χ1n) is 4.26. The van der Waals surface area contributed by atoms with Gasteiger partial charge in [0.05, 0.1) is 0 Å². The Labute approximate surface area is 73.7 Å². The molecule has 1 fully saturated rings. The molecule has 2 nitrogen and oxygen atoms in total. The summed E-state index contributed by atoms with van der Waals surface area (Å²) in [5.41, 5.74) is 0. The van der Waals surface area contributed by atoms with Crippen LogP contribution in [0.2, 0.25) is 0 Å². The largest absolute Gasteiger partial charge is 0.366 e. The average Bonchev–Trinajstić information content (AvgIpc) is 2.69. The molecule has 2 atom stereocenters. The van der Waals surface area contributed by atoms with Crippen molar-refractivity contribution in [3.63, 3.8) is 0 Å². The molecule has 0 saturated heterocycles. The van der Waals surface area contributed by atoms with Crippen LogP contribution in [0.1, 0.15) is 26.2 Å². The molecule has 2 N–H and O–H groups in total. The molecular formula is C8H16N2S. The molecule has 1 rings (SSSR count). The maximum atomic E-state index is 4.99.